The Labute approximate surface area is 118 Å². The number of piperazine rings is 1. The van der Waals surface area contributed by atoms with E-state index in [9.17, 15) is 0 Å². The zero-order valence-corrected chi connectivity index (χ0v) is 13.0. The van der Waals surface area contributed by atoms with Crippen molar-refractivity contribution in [1.29, 1.82) is 0 Å². The normalized spacial score (nSPS) is 24.8. The Bertz CT molecular complexity index is 251. The third-order valence-electron chi connectivity index (χ3n) is 4.37. The van der Waals surface area contributed by atoms with Gasteiger partial charge in [0.2, 0.25) is 0 Å². The van der Waals surface area contributed by atoms with Crippen LogP contribution in [-0.4, -0.2) is 85.8 Å². The van der Waals surface area contributed by atoms with E-state index in [1.54, 1.807) is 0 Å². The highest BCUT2D eigenvalue weighted by molar-refractivity contribution is 4.81. The minimum Gasteiger partial charge on any atom is -0.379 e. The summed E-state index contributed by atoms with van der Waals surface area (Å²) in [6, 6.07) is 0. The Hall–Kier alpha value is -0.160. The van der Waals surface area contributed by atoms with Gasteiger partial charge in [-0.2, -0.15) is 0 Å². The maximum atomic E-state index is 5.38. The topological polar surface area (TPSA) is 19.0 Å². The van der Waals surface area contributed by atoms with Crippen LogP contribution in [0.25, 0.3) is 0 Å². The van der Waals surface area contributed by atoms with Gasteiger partial charge >= 0.3 is 0 Å². The lowest BCUT2D eigenvalue weighted by molar-refractivity contribution is 0.0324. The third-order valence-corrected chi connectivity index (χ3v) is 4.37. The van der Waals surface area contributed by atoms with E-state index in [0.717, 1.165) is 26.3 Å². The molecule has 0 radical (unpaired) electrons. The fourth-order valence-corrected chi connectivity index (χ4v) is 2.98. The Balaban J connectivity index is 1.58. The van der Waals surface area contributed by atoms with Crippen LogP contribution in [0.4, 0.5) is 0 Å². The van der Waals surface area contributed by atoms with Crippen molar-refractivity contribution in [2.45, 2.75) is 32.7 Å². The lowest BCUT2D eigenvalue weighted by Gasteiger charge is -2.42. The summed E-state index contributed by atoms with van der Waals surface area (Å²) in [6.45, 7) is 18.5. The molecule has 2 rings (SSSR count). The average Bonchev–Trinajstić information content (AvgIpc) is 2.39. The Morgan fingerprint density at radius 3 is 1.84 bits per heavy atom. The molecule has 0 amide bonds. The molecule has 0 aromatic carbocycles. The number of hydrogen-bond donors (Lipinski definition) is 0. The van der Waals surface area contributed by atoms with Crippen molar-refractivity contribution in [3.05, 3.63) is 0 Å². The second-order valence-corrected chi connectivity index (χ2v) is 6.81. The van der Waals surface area contributed by atoms with E-state index in [2.05, 4.69) is 35.5 Å². The quantitative estimate of drug-likeness (QED) is 0.761. The first kappa shape index (κ1) is 15.2. The van der Waals surface area contributed by atoms with Gasteiger partial charge in [0, 0.05) is 44.8 Å². The summed E-state index contributed by atoms with van der Waals surface area (Å²) in [4.78, 5) is 7.77. The summed E-state index contributed by atoms with van der Waals surface area (Å²) < 4.78 is 5.38. The SMILES string of the molecule is CC(C)(C)N1CCN(CCCN2CCOCC2)CC1. The molecule has 2 saturated heterocycles. The van der Waals surface area contributed by atoms with Crippen molar-refractivity contribution in [3.63, 3.8) is 0 Å². The van der Waals surface area contributed by atoms with Gasteiger partial charge < -0.3 is 9.64 Å². The molecule has 0 aromatic heterocycles. The standard InChI is InChI=1S/C15H31N3O/c1-15(2,3)18-9-7-16(8-10-18)5-4-6-17-11-13-19-14-12-17/h4-14H2,1-3H3. The van der Waals surface area contributed by atoms with E-state index in [4.69, 9.17) is 4.74 Å². The monoisotopic (exact) mass is 269 g/mol. The molecule has 0 aliphatic carbocycles. The summed E-state index contributed by atoms with van der Waals surface area (Å²) in [7, 11) is 0. The Kier molecular flexibility index (Phi) is 5.63. The van der Waals surface area contributed by atoms with Crippen molar-refractivity contribution in [2.24, 2.45) is 0 Å². The molecule has 19 heavy (non-hydrogen) atoms. The van der Waals surface area contributed by atoms with Crippen molar-refractivity contribution >= 4 is 0 Å². The highest BCUT2D eigenvalue weighted by Gasteiger charge is 2.25. The highest BCUT2D eigenvalue weighted by atomic mass is 16.5. The van der Waals surface area contributed by atoms with Crippen molar-refractivity contribution in [1.82, 2.24) is 14.7 Å². The highest BCUT2D eigenvalue weighted by Crippen LogP contribution is 2.15. The Morgan fingerprint density at radius 1 is 0.789 bits per heavy atom. The zero-order chi connectivity index (χ0) is 13.7. The van der Waals surface area contributed by atoms with Crippen LogP contribution in [0.15, 0.2) is 0 Å². The molecule has 2 aliphatic heterocycles. The molecule has 0 aromatic rings. The third kappa shape index (κ3) is 5.03. The van der Waals surface area contributed by atoms with E-state index < -0.39 is 0 Å². The molecule has 0 bridgehead atoms. The van der Waals surface area contributed by atoms with Crippen LogP contribution < -0.4 is 0 Å². The second-order valence-electron chi connectivity index (χ2n) is 6.81. The Morgan fingerprint density at radius 2 is 1.32 bits per heavy atom. The van der Waals surface area contributed by atoms with Gasteiger partial charge in [0.15, 0.2) is 0 Å². The van der Waals surface area contributed by atoms with Gasteiger partial charge in [-0.25, -0.2) is 0 Å². The molecule has 0 unspecified atom stereocenters. The minimum absolute atomic E-state index is 0.333. The molecular formula is C15H31N3O. The largest absolute Gasteiger partial charge is 0.379 e. The van der Waals surface area contributed by atoms with Gasteiger partial charge in [-0.15, -0.1) is 0 Å². The fraction of sp³-hybridized carbons (Fsp3) is 1.00. The zero-order valence-electron chi connectivity index (χ0n) is 13.0. The summed E-state index contributed by atoms with van der Waals surface area (Å²) in [5.74, 6) is 0. The summed E-state index contributed by atoms with van der Waals surface area (Å²) in [6.07, 6.45) is 1.30. The lowest BCUT2D eigenvalue weighted by atomic mass is 10.0. The minimum atomic E-state index is 0.333. The van der Waals surface area contributed by atoms with E-state index >= 15 is 0 Å². The van der Waals surface area contributed by atoms with Gasteiger partial charge in [-0.1, -0.05) is 0 Å². The summed E-state index contributed by atoms with van der Waals surface area (Å²) in [5.41, 5.74) is 0.333. The van der Waals surface area contributed by atoms with E-state index in [1.165, 1.54) is 45.7 Å². The smallest absolute Gasteiger partial charge is 0.0594 e. The average molecular weight is 269 g/mol. The predicted octanol–water partition coefficient (Wildman–Crippen LogP) is 1.12. The van der Waals surface area contributed by atoms with Crippen molar-refractivity contribution in [3.8, 4) is 0 Å². The molecule has 2 aliphatic rings. The molecule has 2 heterocycles. The molecule has 4 heteroatoms. The summed E-state index contributed by atoms with van der Waals surface area (Å²) in [5, 5.41) is 0. The second kappa shape index (κ2) is 7.02. The first-order chi connectivity index (χ1) is 9.05. The van der Waals surface area contributed by atoms with Gasteiger partial charge in [0.1, 0.15) is 0 Å². The van der Waals surface area contributed by atoms with Crippen LogP contribution in [0, 0.1) is 0 Å². The first-order valence-electron chi connectivity index (χ1n) is 7.83. The van der Waals surface area contributed by atoms with Crippen LogP contribution in [0.2, 0.25) is 0 Å². The van der Waals surface area contributed by atoms with Crippen LogP contribution in [0.1, 0.15) is 27.2 Å². The number of morpholine rings is 1. The molecular weight excluding hydrogens is 238 g/mol. The summed E-state index contributed by atoms with van der Waals surface area (Å²) >= 11 is 0. The number of ether oxygens (including phenoxy) is 1. The van der Waals surface area contributed by atoms with Crippen LogP contribution in [-0.2, 0) is 4.74 Å². The van der Waals surface area contributed by atoms with Crippen LogP contribution in [0.3, 0.4) is 0 Å². The molecule has 112 valence electrons. The molecule has 0 saturated carbocycles. The van der Waals surface area contributed by atoms with E-state index in [0.29, 0.717) is 5.54 Å². The molecule has 4 nitrogen and oxygen atoms in total. The molecule has 0 atom stereocenters. The maximum Gasteiger partial charge on any atom is 0.0594 e. The predicted molar refractivity (Wildman–Crippen MR) is 79.6 cm³/mol. The molecule has 0 N–H and O–H groups in total. The van der Waals surface area contributed by atoms with Crippen LogP contribution >= 0.6 is 0 Å². The van der Waals surface area contributed by atoms with Crippen molar-refractivity contribution in [2.75, 3.05) is 65.6 Å². The number of nitrogens with zero attached hydrogens (tertiary/aromatic N) is 3. The van der Waals surface area contributed by atoms with Gasteiger partial charge in [0.05, 0.1) is 13.2 Å². The van der Waals surface area contributed by atoms with Gasteiger partial charge in [-0.3, -0.25) is 9.80 Å². The fourth-order valence-electron chi connectivity index (χ4n) is 2.98. The van der Waals surface area contributed by atoms with E-state index in [1.807, 2.05) is 0 Å². The van der Waals surface area contributed by atoms with Crippen molar-refractivity contribution < 1.29 is 4.74 Å². The maximum absolute atomic E-state index is 5.38. The molecule has 0 spiro atoms. The van der Waals surface area contributed by atoms with E-state index in [-0.39, 0.29) is 0 Å². The lowest BCUT2D eigenvalue weighted by Crippen LogP contribution is -2.53. The van der Waals surface area contributed by atoms with Crippen LogP contribution in [0.5, 0.6) is 0 Å². The molecule has 2 fully saturated rings. The number of rotatable bonds is 4. The first-order valence-corrected chi connectivity index (χ1v) is 7.83. The van der Waals surface area contributed by atoms with Gasteiger partial charge in [-0.05, 0) is 40.3 Å². The van der Waals surface area contributed by atoms with Gasteiger partial charge in [0.25, 0.3) is 0 Å². The number of hydrogen-bond acceptors (Lipinski definition) is 4.